The topological polar surface area (TPSA) is 71.2 Å². The molecule has 0 spiro atoms. The van der Waals surface area contributed by atoms with Crippen LogP contribution in [0.25, 0.3) is 0 Å². The van der Waals surface area contributed by atoms with Crippen molar-refractivity contribution in [1.29, 1.82) is 0 Å². The van der Waals surface area contributed by atoms with Crippen molar-refractivity contribution in [3.05, 3.63) is 4.88 Å². The molecule has 1 amide bonds. The Balaban J connectivity index is 2.01. The Hall–Kier alpha value is -1.30. The molecular formula is C13H22N4OS. The van der Waals surface area contributed by atoms with Gasteiger partial charge in [0.25, 0.3) is 5.91 Å². The summed E-state index contributed by atoms with van der Waals surface area (Å²) in [5.41, 5.74) is 5.85. The van der Waals surface area contributed by atoms with Crippen LogP contribution in [0.1, 0.15) is 42.8 Å². The minimum atomic E-state index is -0.0805. The number of carbonyl (C=O) groups excluding carboxylic acids is 1. The fourth-order valence-electron chi connectivity index (χ4n) is 2.35. The van der Waals surface area contributed by atoms with E-state index in [0.29, 0.717) is 16.7 Å². The summed E-state index contributed by atoms with van der Waals surface area (Å²) >= 11 is 1.37. The number of thiazole rings is 1. The normalized spacial score (nSPS) is 21.8. The van der Waals surface area contributed by atoms with Crippen LogP contribution in [0.15, 0.2) is 0 Å². The average Bonchev–Trinajstić information content (AvgIpc) is 2.70. The average molecular weight is 282 g/mol. The summed E-state index contributed by atoms with van der Waals surface area (Å²) in [6.07, 6.45) is 3.16. The van der Waals surface area contributed by atoms with Gasteiger partial charge in [0.2, 0.25) is 0 Å². The number of hydrogen-bond acceptors (Lipinski definition) is 5. The number of nitrogens with one attached hydrogen (secondary N) is 1. The lowest BCUT2D eigenvalue weighted by atomic mass is 9.82. The molecule has 19 heavy (non-hydrogen) atoms. The van der Waals surface area contributed by atoms with Crippen molar-refractivity contribution in [3.8, 4) is 0 Å². The van der Waals surface area contributed by atoms with Crippen molar-refractivity contribution in [2.75, 3.05) is 24.2 Å². The zero-order valence-electron chi connectivity index (χ0n) is 11.8. The van der Waals surface area contributed by atoms with E-state index < -0.39 is 0 Å². The van der Waals surface area contributed by atoms with Crippen LogP contribution in [0, 0.1) is 5.92 Å². The molecule has 0 saturated heterocycles. The van der Waals surface area contributed by atoms with Gasteiger partial charge in [0.05, 0.1) is 0 Å². The number of nitrogens with two attached hydrogens (primary N) is 1. The molecule has 1 saturated carbocycles. The van der Waals surface area contributed by atoms with Gasteiger partial charge < -0.3 is 16.0 Å². The molecule has 0 bridgehead atoms. The van der Waals surface area contributed by atoms with Gasteiger partial charge in [0.1, 0.15) is 10.7 Å². The molecule has 1 heterocycles. The second-order valence-corrected chi connectivity index (χ2v) is 6.36. The first-order valence-corrected chi connectivity index (χ1v) is 7.61. The fraction of sp³-hybridized carbons (Fsp3) is 0.692. The van der Waals surface area contributed by atoms with Gasteiger partial charge in [-0.05, 0) is 25.2 Å². The van der Waals surface area contributed by atoms with Crippen molar-refractivity contribution >= 4 is 28.2 Å². The molecule has 5 nitrogen and oxygen atoms in total. The predicted octanol–water partition coefficient (Wildman–Crippen LogP) is 2.10. The van der Waals surface area contributed by atoms with Crippen molar-refractivity contribution in [2.45, 2.75) is 39.2 Å². The van der Waals surface area contributed by atoms with Crippen LogP contribution in [0.2, 0.25) is 0 Å². The summed E-state index contributed by atoms with van der Waals surface area (Å²) in [6.45, 7) is 5.22. The standard InChI is InChI=1S/C13H22N4OS/c1-4-5-17(3)13-16-11(14)10(19-13)12(18)15-9-6-8(2)7-9/h8-9H,4-7,14H2,1-3H3,(H,15,18). The molecular weight excluding hydrogens is 260 g/mol. The molecule has 0 radical (unpaired) electrons. The second kappa shape index (κ2) is 5.77. The van der Waals surface area contributed by atoms with E-state index in [1.54, 1.807) is 0 Å². The van der Waals surface area contributed by atoms with Crippen molar-refractivity contribution in [2.24, 2.45) is 5.92 Å². The highest BCUT2D eigenvalue weighted by Crippen LogP contribution is 2.30. The molecule has 1 aromatic rings. The van der Waals surface area contributed by atoms with Gasteiger partial charge in [-0.25, -0.2) is 4.98 Å². The number of nitrogens with zero attached hydrogens (tertiary/aromatic N) is 2. The molecule has 1 aliphatic carbocycles. The van der Waals surface area contributed by atoms with Crippen LogP contribution in [0.4, 0.5) is 10.9 Å². The van der Waals surface area contributed by atoms with Gasteiger partial charge in [-0.3, -0.25) is 4.79 Å². The molecule has 0 atom stereocenters. The van der Waals surface area contributed by atoms with Crippen molar-refractivity contribution in [1.82, 2.24) is 10.3 Å². The molecule has 106 valence electrons. The van der Waals surface area contributed by atoms with E-state index in [4.69, 9.17) is 5.73 Å². The second-order valence-electron chi connectivity index (χ2n) is 5.38. The van der Waals surface area contributed by atoms with Gasteiger partial charge in [0.15, 0.2) is 5.13 Å². The van der Waals surface area contributed by atoms with E-state index in [9.17, 15) is 4.79 Å². The van der Waals surface area contributed by atoms with Gasteiger partial charge in [-0.1, -0.05) is 25.2 Å². The van der Waals surface area contributed by atoms with E-state index in [1.165, 1.54) is 11.3 Å². The molecule has 0 aliphatic heterocycles. The first-order valence-electron chi connectivity index (χ1n) is 6.79. The molecule has 3 N–H and O–H groups in total. The number of amides is 1. The zero-order chi connectivity index (χ0) is 14.0. The first-order chi connectivity index (χ1) is 9.01. The lowest BCUT2D eigenvalue weighted by Gasteiger charge is -2.33. The molecule has 6 heteroatoms. The van der Waals surface area contributed by atoms with Crippen LogP contribution >= 0.6 is 11.3 Å². The molecule has 1 aliphatic rings. The largest absolute Gasteiger partial charge is 0.382 e. The Morgan fingerprint density at radius 3 is 2.84 bits per heavy atom. The molecule has 1 aromatic heterocycles. The first kappa shape index (κ1) is 14.1. The molecule has 1 fully saturated rings. The zero-order valence-corrected chi connectivity index (χ0v) is 12.6. The number of hydrogen-bond donors (Lipinski definition) is 2. The monoisotopic (exact) mass is 282 g/mol. The third kappa shape index (κ3) is 3.18. The predicted molar refractivity (Wildman–Crippen MR) is 79.7 cm³/mol. The van der Waals surface area contributed by atoms with Crippen LogP contribution in [-0.2, 0) is 0 Å². The van der Waals surface area contributed by atoms with Crippen LogP contribution in [0.5, 0.6) is 0 Å². The Morgan fingerprint density at radius 2 is 2.26 bits per heavy atom. The van der Waals surface area contributed by atoms with Gasteiger partial charge >= 0.3 is 0 Å². The smallest absolute Gasteiger partial charge is 0.265 e. The lowest BCUT2D eigenvalue weighted by molar-refractivity contribution is 0.0901. The lowest BCUT2D eigenvalue weighted by Crippen LogP contribution is -2.43. The third-order valence-corrected chi connectivity index (χ3v) is 4.63. The Kier molecular flexibility index (Phi) is 4.29. The highest BCUT2D eigenvalue weighted by atomic mass is 32.1. The van der Waals surface area contributed by atoms with E-state index in [-0.39, 0.29) is 5.91 Å². The number of anilines is 2. The SMILES string of the molecule is CCCN(C)c1nc(N)c(C(=O)NC2CC(C)C2)s1. The summed E-state index contributed by atoms with van der Waals surface area (Å²) < 4.78 is 0. The van der Waals surface area contributed by atoms with Gasteiger partial charge in [-0.2, -0.15) is 0 Å². The highest BCUT2D eigenvalue weighted by Gasteiger charge is 2.28. The fourth-order valence-corrected chi connectivity index (χ4v) is 3.22. The minimum absolute atomic E-state index is 0.0805. The third-order valence-electron chi connectivity index (χ3n) is 3.44. The summed E-state index contributed by atoms with van der Waals surface area (Å²) in [5.74, 6) is 0.978. The van der Waals surface area contributed by atoms with Gasteiger partial charge in [0, 0.05) is 19.6 Å². The summed E-state index contributed by atoms with van der Waals surface area (Å²) in [4.78, 5) is 19.0. The molecule has 0 unspecified atom stereocenters. The Morgan fingerprint density at radius 1 is 1.58 bits per heavy atom. The van der Waals surface area contributed by atoms with Gasteiger partial charge in [-0.15, -0.1) is 0 Å². The Bertz CT molecular complexity index is 453. The van der Waals surface area contributed by atoms with E-state index >= 15 is 0 Å². The summed E-state index contributed by atoms with van der Waals surface area (Å²) in [6, 6.07) is 0.306. The van der Waals surface area contributed by atoms with Crippen LogP contribution < -0.4 is 16.0 Å². The maximum absolute atomic E-state index is 12.1. The van der Waals surface area contributed by atoms with E-state index in [2.05, 4.69) is 24.1 Å². The maximum atomic E-state index is 12.1. The van der Waals surface area contributed by atoms with E-state index in [0.717, 1.165) is 36.9 Å². The number of nitrogen functional groups attached to an aromatic ring is 1. The summed E-state index contributed by atoms with van der Waals surface area (Å²) in [7, 11) is 1.97. The Labute approximate surface area is 118 Å². The van der Waals surface area contributed by atoms with Crippen LogP contribution in [-0.4, -0.2) is 30.5 Å². The van der Waals surface area contributed by atoms with Crippen molar-refractivity contribution in [3.63, 3.8) is 0 Å². The van der Waals surface area contributed by atoms with Crippen molar-refractivity contribution < 1.29 is 4.79 Å². The number of carbonyl (C=O) groups is 1. The molecule has 2 rings (SSSR count). The number of rotatable bonds is 5. The number of aromatic nitrogens is 1. The summed E-state index contributed by atoms with van der Waals surface area (Å²) in [5, 5.41) is 3.83. The quantitative estimate of drug-likeness (QED) is 0.867. The van der Waals surface area contributed by atoms with E-state index in [1.807, 2.05) is 11.9 Å². The highest BCUT2D eigenvalue weighted by molar-refractivity contribution is 7.18. The maximum Gasteiger partial charge on any atom is 0.265 e. The van der Waals surface area contributed by atoms with Crippen LogP contribution in [0.3, 0.4) is 0 Å². The molecule has 0 aromatic carbocycles. The minimum Gasteiger partial charge on any atom is -0.382 e.